The molecule has 3 N–H and O–H groups in total. The summed E-state index contributed by atoms with van der Waals surface area (Å²) in [5.41, 5.74) is 5.32. The summed E-state index contributed by atoms with van der Waals surface area (Å²) < 4.78 is 0. The number of hydrogen-bond donors (Lipinski definition) is 2. The Bertz CT molecular complexity index is 120. The van der Waals surface area contributed by atoms with Crippen LogP contribution in [0.3, 0.4) is 0 Å². The number of amidine groups is 1. The van der Waals surface area contributed by atoms with Crippen LogP contribution in [0.5, 0.6) is 0 Å². The first kappa shape index (κ1) is 9.43. The van der Waals surface area contributed by atoms with Gasteiger partial charge in [0.25, 0.3) is 0 Å². The second-order valence-corrected chi connectivity index (χ2v) is 2.89. The molecule has 60 valence electrons. The summed E-state index contributed by atoms with van der Waals surface area (Å²) in [6.45, 7) is 6.10. The highest BCUT2D eigenvalue weighted by atomic mass is 15.2. The van der Waals surface area contributed by atoms with Gasteiger partial charge in [-0.1, -0.05) is 0 Å². The molecule has 1 unspecified atom stereocenters. The van der Waals surface area contributed by atoms with E-state index >= 15 is 0 Å². The van der Waals surface area contributed by atoms with Crippen LogP contribution >= 0.6 is 0 Å². The molecule has 0 bridgehead atoms. The Morgan fingerprint density at radius 2 is 1.80 bits per heavy atom. The van der Waals surface area contributed by atoms with Gasteiger partial charge >= 0.3 is 0 Å². The van der Waals surface area contributed by atoms with Crippen LogP contribution in [0.25, 0.3) is 0 Å². The van der Waals surface area contributed by atoms with Crippen LogP contribution in [-0.4, -0.2) is 29.9 Å². The van der Waals surface area contributed by atoms with Crippen molar-refractivity contribution < 1.29 is 0 Å². The number of rotatable bonds is 3. The molecule has 1 atom stereocenters. The number of nitrogens with one attached hydrogen (secondary N) is 1. The van der Waals surface area contributed by atoms with Gasteiger partial charge in [0.15, 0.2) is 0 Å². The number of nitrogens with two attached hydrogens (primary N) is 1. The van der Waals surface area contributed by atoms with E-state index in [0.29, 0.717) is 6.04 Å². The van der Waals surface area contributed by atoms with Gasteiger partial charge in [-0.3, -0.25) is 10.3 Å². The minimum atomic E-state index is 0.0556. The third kappa shape index (κ3) is 2.35. The van der Waals surface area contributed by atoms with E-state index in [4.69, 9.17) is 11.1 Å². The van der Waals surface area contributed by atoms with Crippen LogP contribution < -0.4 is 5.73 Å². The number of hydrogen-bond acceptors (Lipinski definition) is 2. The van der Waals surface area contributed by atoms with Crippen molar-refractivity contribution >= 4 is 5.84 Å². The highest BCUT2D eigenvalue weighted by Crippen LogP contribution is 1.99. The van der Waals surface area contributed by atoms with E-state index in [2.05, 4.69) is 18.7 Å². The van der Waals surface area contributed by atoms with E-state index in [0.717, 1.165) is 0 Å². The molecule has 0 radical (unpaired) electrons. The van der Waals surface area contributed by atoms with Gasteiger partial charge in [0.1, 0.15) is 5.84 Å². The molecule has 0 fully saturated rings. The molecule has 0 spiro atoms. The first-order valence-corrected chi connectivity index (χ1v) is 3.52. The molecule has 0 aliphatic heterocycles. The first-order valence-electron chi connectivity index (χ1n) is 3.52. The lowest BCUT2D eigenvalue weighted by molar-refractivity contribution is 0.251. The molecule has 0 saturated heterocycles. The van der Waals surface area contributed by atoms with E-state index in [1.165, 1.54) is 0 Å². The summed E-state index contributed by atoms with van der Waals surface area (Å²) in [6.07, 6.45) is 0. The summed E-state index contributed by atoms with van der Waals surface area (Å²) in [5, 5.41) is 7.16. The summed E-state index contributed by atoms with van der Waals surface area (Å²) >= 11 is 0. The maximum atomic E-state index is 7.16. The predicted octanol–water partition coefficient (Wildman–Crippen LogP) is 0.651. The monoisotopic (exact) mass is 143 g/mol. The topological polar surface area (TPSA) is 53.1 Å². The van der Waals surface area contributed by atoms with Crippen LogP contribution in [0.4, 0.5) is 0 Å². The molecular weight excluding hydrogens is 126 g/mol. The smallest absolute Gasteiger partial charge is 0.108 e. The fraction of sp³-hybridized carbons (Fsp3) is 0.857. The van der Waals surface area contributed by atoms with Crippen LogP contribution in [0.2, 0.25) is 0 Å². The van der Waals surface area contributed by atoms with Gasteiger partial charge in [0, 0.05) is 6.04 Å². The SMILES string of the molecule is CC(C)N(C)C(C)C(=N)N. The number of likely N-dealkylation sites (N-methyl/N-ethyl adjacent to an activating group) is 1. The lowest BCUT2D eigenvalue weighted by Gasteiger charge is -2.27. The quantitative estimate of drug-likeness (QED) is 0.450. The van der Waals surface area contributed by atoms with E-state index in [1.54, 1.807) is 0 Å². The maximum absolute atomic E-state index is 7.16. The van der Waals surface area contributed by atoms with Crippen molar-refractivity contribution in [1.29, 1.82) is 5.41 Å². The average Bonchev–Trinajstić information content (AvgIpc) is 1.84. The summed E-state index contributed by atoms with van der Waals surface area (Å²) in [4.78, 5) is 2.06. The summed E-state index contributed by atoms with van der Waals surface area (Å²) in [5.74, 6) is 0.233. The van der Waals surface area contributed by atoms with Gasteiger partial charge in [0.05, 0.1) is 6.04 Å². The van der Waals surface area contributed by atoms with Gasteiger partial charge in [-0.2, -0.15) is 0 Å². The first-order chi connectivity index (χ1) is 4.46. The molecule has 3 heteroatoms. The summed E-state index contributed by atoms with van der Waals surface area (Å²) in [7, 11) is 1.97. The van der Waals surface area contributed by atoms with Crippen molar-refractivity contribution in [2.75, 3.05) is 7.05 Å². The fourth-order valence-electron chi connectivity index (χ4n) is 0.667. The van der Waals surface area contributed by atoms with Crippen LogP contribution in [0.1, 0.15) is 20.8 Å². The minimum Gasteiger partial charge on any atom is -0.386 e. The standard InChI is InChI=1S/C7H17N3/c1-5(2)10(4)6(3)7(8)9/h5-6H,1-4H3,(H3,8,9). The molecule has 0 saturated carbocycles. The van der Waals surface area contributed by atoms with Gasteiger partial charge in [-0.15, -0.1) is 0 Å². The molecular formula is C7H17N3. The van der Waals surface area contributed by atoms with Gasteiger partial charge in [-0.05, 0) is 27.8 Å². The molecule has 0 aliphatic rings. The highest BCUT2D eigenvalue weighted by Gasteiger charge is 2.13. The second-order valence-electron chi connectivity index (χ2n) is 2.89. The van der Waals surface area contributed by atoms with Gasteiger partial charge in [0.2, 0.25) is 0 Å². The molecule has 0 aromatic rings. The Kier molecular flexibility index (Phi) is 3.36. The molecule has 10 heavy (non-hydrogen) atoms. The zero-order valence-corrected chi connectivity index (χ0v) is 7.18. The predicted molar refractivity (Wildman–Crippen MR) is 44.3 cm³/mol. The lowest BCUT2D eigenvalue weighted by atomic mass is 10.2. The van der Waals surface area contributed by atoms with Crippen molar-refractivity contribution in [2.45, 2.75) is 32.9 Å². The fourth-order valence-corrected chi connectivity index (χ4v) is 0.667. The van der Waals surface area contributed by atoms with Crippen molar-refractivity contribution in [3.8, 4) is 0 Å². The van der Waals surface area contributed by atoms with Crippen molar-refractivity contribution in [3.05, 3.63) is 0 Å². The van der Waals surface area contributed by atoms with Crippen molar-refractivity contribution in [3.63, 3.8) is 0 Å². The van der Waals surface area contributed by atoms with Gasteiger partial charge in [-0.25, -0.2) is 0 Å². The second kappa shape index (κ2) is 3.56. The Labute approximate surface area is 62.7 Å². The Balaban J connectivity index is 3.94. The van der Waals surface area contributed by atoms with Crippen molar-refractivity contribution in [2.24, 2.45) is 5.73 Å². The Morgan fingerprint density at radius 1 is 1.40 bits per heavy atom. The van der Waals surface area contributed by atoms with E-state index in [-0.39, 0.29) is 11.9 Å². The van der Waals surface area contributed by atoms with Crippen molar-refractivity contribution in [1.82, 2.24) is 4.90 Å². The third-order valence-corrected chi connectivity index (χ3v) is 1.88. The molecule has 0 aromatic carbocycles. The molecule has 3 nitrogen and oxygen atoms in total. The average molecular weight is 143 g/mol. The zero-order valence-electron chi connectivity index (χ0n) is 7.18. The Morgan fingerprint density at radius 3 is 1.90 bits per heavy atom. The van der Waals surface area contributed by atoms with E-state index in [1.807, 2.05) is 14.0 Å². The van der Waals surface area contributed by atoms with E-state index in [9.17, 15) is 0 Å². The largest absolute Gasteiger partial charge is 0.386 e. The molecule has 0 amide bonds. The lowest BCUT2D eigenvalue weighted by Crippen LogP contribution is -2.43. The molecule has 0 aliphatic carbocycles. The highest BCUT2D eigenvalue weighted by molar-refractivity contribution is 5.82. The van der Waals surface area contributed by atoms with Crippen LogP contribution in [0, 0.1) is 5.41 Å². The minimum absolute atomic E-state index is 0.0556. The molecule has 0 rings (SSSR count). The molecule has 0 aromatic heterocycles. The normalized spacial score (nSPS) is 14.2. The van der Waals surface area contributed by atoms with Crippen LogP contribution in [-0.2, 0) is 0 Å². The van der Waals surface area contributed by atoms with Crippen LogP contribution in [0.15, 0.2) is 0 Å². The maximum Gasteiger partial charge on any atom is 0.108 e. The summed E-state index contributed by atoms with van der Waals surface area (Å²) in [6, 6.07) is 0.499. The van der Waals surface area contributed by atoms with E-state index < -0.39 is 0 Å². The third-order valence-electron chi connectivity index (χ3n) is 1.88. The molecule has 0 heterocycles. The van der Waals surface area contributed by atoms with Gasteiger partial charge < -0.3 is 5.73 Å². The zero-order chi connectivity index (χ0) is 8.31. The Hall–Kier alpha value is -0.570. The number of nitrogens with zero attached hydrogens (tertiary/aromatic N) is 1.